The second-order valence-electron chi connectivity index (χ2n) is 14.7. The van der Waals surface area contributed by atoms with Crippen LogP contribution in [0.4, 0.5) is 0 Å². The summed E-state index contributed by atoms with van der Waals surface area (Å²) < 4.78 is 5.23. The number of aliphatic hydroxyl groups is 4. The number of esters is 1. The van der Waals surface area contributed by atoms with E-state index in [2.05, 4.69) is 6.08 Å². The van der Waals surface area contributed by atoms with Gasteiger partial charge in [0.15, 0.2) is 5.78 Å². The molecule has 4 N–H and O–H groups in total. The molecule has 0 unspecified atom stereocenters. The zero-order chi connectivity index (χ0) is 30.3. The summed E-state index contributed by atoms with van der Waals surface area (Å²) in [5.41, 5.74) is -5.21. The molecule has 4 aliphatic carbocycles. The summed E-state index contributed by atoms with van der Waals surface area (Å²) >= 11 is 0. The van der Waals surface area contributed by atoms with Gasteiger partial charge in [-0.3, -0.25) is 14.4 Å². The van der Waals surface area contributed by atoms with Gasteiger partial charge in [-0.15, -0.1) is 0 Å². The molecule has 0 aromatic heterocycles. The van der Waals surface area contributed by atoms with Gasteiger partial charge in [-0.1, -0.05) is 39.3 Å². The number of hydrogen-bond acceptors (Lipinski definition) is 8. The van der Waals surface area contributed by atoms with Gasteiger partial charge in [-0.05, 0) is 81.3 Å². The fourth-order valence-electron chi connectivity index (χ4n) is 9.56. The lowest BCUT2D eigenvalue weighted by molar-refractivity contribution is -0.191. The Morgan fingerprint density at radius 1 is 1.10 bits per heavy atom. The third-order valence-corrected chi connectivity index (χ3v) is 11.7. The van der Waals surface area contributed by atoms with Crippen molar-refractivity contribution in [2.45, 2.75) is 111 Å². The molecule has 40 heavy (non-hydrogen) atoms. The number of hydrogen-bond donors (Lipinski definition) is 4. The van der Waals surface area contributed by atoms with Crippen molar-refractivity contribution in [2.24, 2.45) is 39.4 Å². The van der Waals surface area contributed by atoms with Gasteiger partial charge in [0.25, 0.3) is 0 Å². The molecule has 4 aliphatic rings. The van der Waals surface area contributed by atoms with Crippen LogP contribution in [0, 0.1) is 39.4 Å². The highest BCUT2D eigenvalue weighted by Gasteiger charge is 2.75. The van der Waals surface area contributed by atoms with E-state index in [0.717, 1.165) is 5.57 Å². The minimum Gasteiger partial charge on any atom is -0.456 e. The summed E-state index contributed by atoms with van der Waals surface area (Å²) in [6, 6.07) is 0. The summed E-state index contributed by atoms with van der Waals surface area (Å²) in [5.74, 6) is -2.70. The molecule has 0 radical (unpaired) electrons. The van der Waals surface area contributed by atoms with Crippen LogP contribution in [0.3, 0.4) is 0 Å². The van der Waals surface area contributed by atoms with Crippen LogP contribution in [0.1, 0.15) is 87.5 Å². The van der Waals surface area contributed by atoms with Crippen LogP contribution < -0.4 is 0 Å². The first-order valence-electron chi connectivity index (χ1n) is 14.6. The molecule has 8 heteroatoms. The molecule has 4 rings (SSSR count). The minimum absolute atomic E-state index is 0.0150. The van der Waals surface area contributed by atoms with Crippen LogP contribution in [0.15, 0.2) is 23.8 Å². The Hall–Kier alpha value is -1.87. The number of Topliss-reactive ketones (excluding diaryl/α,β-unsaturated/α-hetero) is 1. The van der Waals surface area contributed by atoms with Crippen molar-refractivity contribution in [2.75, 3.05) is 6.61 Å². The van der Waals surface area contributed by atoms with E-state index in [-0.39, 0.29) is 37.1 Å². The van der Waals surface area contributed by atoms with Crippen molar-refractivity contribution in [3.63, 3.8) is 0 Å². The third-order valence-electron chi connectivity index (χ3n) is 11.7. The average molecular weight is 561 g/mol. The molecular weight excluding hydrogens is 512 g/mol. The molecule has 0 saturated heterocycles. The number of fused-ring (bicyclic) bond motifs is 5. The Morgan fingerprint density at radius 3 is 2.30 bits per heavy atom. The lowest BCUT2D eigenvalue weighted by atomic mass is 9.38. The van der Waals surface area contributed by atoms with Gasteiger partial charge in [-0.25, -0.2) is 0 Å². The van der Waals surface area contributed by atoms with Crippen molar-refractivity contribution in [3.8, 4) is 0 Å². The molecule has 8 nitrogen and oxygen atoms in total. The quantitative estimate of drug-likeness (QED) is 0.220. The van der Waals surface area contributed by atoms with Gasteiger partial charge in [0.2, 0.25) is 0 Å². The normalized spacial score (nSPS) is 42.4. The Kier molecular flexibility index (Phi) is 7.44. The second kappa shape index (κ2) is 9.58. The zero-order valence-electron chi connectivity index (χ0n) is 25.3. The van der Waals surface area contributed by atoms with E-state index in [1.807, 2.05) is 27.7 Å². The fraction of sp³-hybridized carbons (Fsp3) is 0.781. The lowest BCUT2D eigenvalue weighted by Gasteiger charge is -2.65. The standard InChI is InChI=1S/C32H48O8/c1-18(34)40-27(2,3)14-13-24(37)31(8,39)26-21(35)15-29(6)22-11-9-19-20(10-12-23(36)28(19,4)5)32(22,17-33)25(38)16-30(26,29)7/h9,13-14,20-23,26,33,35-36,39H,10-12,15-17H2,1-8H3/b14-13+/t20-,21+,22+,23+,26+,29-,30+,31-,32-/m0/s1. The van der Waals surface area contributed by atoms with E-state index in [1.54, 1.807) is 13.8 Å². The van der Waals surface area contributed by atoms with Gasteiger partial charge >= 0.3 is 5.97 Å². The van der Waals surface area contributed by atoms with Crippen LogP contribution in [0.25, 0.3) is 0 Å². The third kappa shape index (κ3) is 4.19. The van der Waals surface area contributed by atoms with E-state index in [1.165, 1.54) is 26.0 Å². The molecule has 0 spiro atoms. The van der Waals surface area contributed by atoms with Crippen LogP contribution in [0.5, 0.6) is 0 Å². The zero-order valence-corrected chi connectivity index (χ0v) is 25.3. The fourth-order valence-corrected chi connectivity index (χ4v) is 9.56. The molecule has 0 aromatic rings. The molecule has 0 bridgehead atoms. The number of ketones is 2. The SMILES string of the molecule is CC(=O)OC(C)(C)/C=C/C(=O)[C@](C)(O)[C@@H]1[C@H](O)C[C@@]2(C)[C@H]3CC=C4[C@H](CC[C@@H](O)C4(C)C)[C@]3(CO)C(=O)C[C@]12C. The predicted octanol–water partition coefficient (Wildman–Crippen LogP) is 3.29. The highest BCUT2D eigenvalue weighted by Crippen LogP contribution is 2.74. The van der Waals surface area contributed by atoms with Crippen molar-refractivity contribution in [3.05, 3.63) is 23.8 Å². The molecule has 0 aromatic carbocycles. The maximum atomic E-state index is 14.4. The molecule has 3 saturated carbocycles. The lowest BCUT2D eigenvalue weighted by Crippen LogP contribution is -2.66. The molecule has 0 amide bonds. The van der Waals surface area contributed by atoms with Crippen LogP contribution in [-0.4, -0.2) is 68.0 Å². The highest BCUT2D eigenvalue weighted by molar-refractivity contribution is 5.97. The number of allylic oxidation sites excluding steroid dienone is 1. The summed E-state index contributed by atoms with van der Waals surface area (Å²) in [7, 11) is 0. The van der Waals surface area contributed by atoms with E-state index in [0.29, 0.717) is 19.3 Å². The highest BCUT2D eigenvalue weighted by atomic mass is 16.6. The number of carbonyl (C=O) groups excluding carboxylic acids is 3. The van der Waals surface area contributed by atoms with Gasteiger partial charge in [0.1, 0.15) is 17.0 Å². The van der Waals surface area contributed by atoms with Crippen LogP contribution in [-0.2, 0) is 19.1 Å². The van der Waals surface area contributed by atoms with Crippen molar-refractivity contribution < 1.29 is 39.5 Å². The van der Waals surface area contributed by atoms with E-state index >= 15 is 0 Å². The average Bonchev–Trinajstić information content (AvgIpc) is 3.03. The molecule has 0 heterocycles. The number of ether oxygens (including phenoxy) is 1. The van der Waals surface area contributed by atoms with Crippen molar-refractivity contribution in [1.29, 1.82) is 0 Å². The second-order valence-corrected chi connectivity index (χ2v) is 14.7. The first kappa shape index (κ1) is 31.1. The summed E-state index contributed by atoms with van der Waals surface area (Å²) in [6.07, 6.45) is 5.10. The van der Waals surface area contributed by atoms with Gasteiger partial charge in [0, 0.05) is 24.7 Å². The summed E-state index contributed by atoms with van der Waals surface area (Å²) in [4.78, 5) is 39.3. The van der Waals surface area contributed by atoms with Crippen LogP contribution >= 0.6 is 0 Å². The van der Waals surface area contributed by atoms with E-state index in [9.17, 15) is 34.8 Å². The van der Waals surface area contributed by atoms with Gasteiger partial charge < -0.3 is 25.2 Å². The minimum atomic E-state index is -2.00. The molecule has 3 fully saturated rings. The monoisotopic (exact) mass is 560 g/mol. The first-order chi connectivity index (χ1) is 18.2. The molecule has 224 valence electrons. The van der Waals surface area contributed by atoms with Gasteiger partial charge in [-0.2, -0.15) is 0 Å². The Labute approximate surface area is 237 Å². The molecule has 9 atom stereocenters. The summed E-state index contributed by atoms with van der Waals surface area (Å²) in [6.45, 7) is 13.5. The molecular formula is C32H48O8. The van der Waals surface area contributed by atoms with Gasteiger partial charge in [0.05, 0.1) is 24.2 Å². The van der Waals surface area contributed by atoms with Crippen molar-refractivity contribution in [1.82, 2.24) is 0 Å². The summed E-state index contributed by atoms with van der Waals surface area (Å²) in [5, 5.41) is 45.1. The number of rotatable bonds is 6. The maximum absolute atomic E-state index is 14.4. The van der Waals surface area contributed by atoms with E-state index in [4.69, 9.17) is 4.74 Å². The maximum Gasteiger partial charge on any atom is 0.303 e. The van der Waals surface area contributed by atoms with Crippen molar-refractivity contribution >= 4 is 17.5 Å². The predicted molar refractivity (Wildman–Crippen MR) is 149 cm³/mol. The number of carbonyl (C=O) groups is 3. The number of aliphatic hydroxyl groups excluding tert-OH is 3. The Bertz CT molecular complexity index is 1150. The largest absolute Gasteiger partial charge is 0.456 e. The van der Waals surface area contributed by atoms with E-state index < -0.39 is 62.7 Å². The smallest absolute Gasteiger partial charge is 0.303 e. The Morgan fingerprint density at radius 2 is 1.73 bits per heavy atom. The molecule has 0 aliphatic heterocycles. The first-order valence-corrected chi connectivity index (χ1v) is 14.6. The topological polar surface area (TPSA) is 141 Å². The Balaban J connectivity index is 1.76. The van der Waals surface area contributed by atoms with Crippen LogP contribution in [0.2, 0.25) is 0 Å².